The molecule has 7 heteroatoms. The molecule has 7 nitrogen and oxygen atoms in total. The van der Waals surface area contributed by atoms with Crippen molar-refractivity contribution in [1.82, 2.24) is 10.6 Å². The summed E-state index contributed by atoms with van der Waals surface area (Å²) in [5, 5.41) is 14.0. The van der Waals surface area contributed by atoms with Gasteiger partial charge in [-0.25, -0.2) is 9.59 Å². The number of alkyl carbamates (subject to hydrolysis) is 1. The van der Waals surface area contributed by atoms with Crippen molar-refractivity contribution < 1.29 is 24.2 Å². The van der Waals surface area contributed by atoms with Gasteiger partial charge in [-0.15, -0.1) is 0 Å². The number of carboxylic acid groups (broad SMARTS) is 1. The molecule has 0 fully saturated rings. The van der Waals surface area contributed by atoms with Crippen LogP contribution >= 0.6 is 0 Å². The Kier molecular flexibility index (Phi) is 7.57. The van der Waals surface area contributed by atoms with Crippen LogP contribution in [-0.2, 0) is 20.7 Å². The summed E-state index contributed by atoms with van der Waals surface area (Å²) in [5.41, 5.74) is 5.34. The van der Waals surface area contributed by atoms with E-state index in [0.717, 1.165) is 33.9 Å². The molecule has 1 atom stereocenters. The van der Waals surface area contributed by atoms with Crippen LogP contribution in [0.4, 0.5) is 4.79 Å². The number of hydrogen-bond donors (Lipinski definition) is 3. The third kappa shape index (κ3) is 5.95. The summed E-state index contributed by atoms with van der Waals surface area (Å²) in [4.78, 5) is 36.1. The van der Waals surface area contributed by atoms with Gasteiger partial charge in [0, 0.05) is 25.0 Å². The van der Waals surface area contributed by atoms with E-state index < -0.39 is 24.0 Å². The summed E-state index contributed by atoms with van der Waals surface area (Å²) in [5.74, 6) is -1.62. The number of nitrogens with one attached hydrogen (secondary N) is 2. The number of carbonyl (C=O) groups is 3. The van der Waals surface area contributed by atoms with Crippen LogP contribution in [0.2, 0.25) is 0 Å². The van der Waals surface area contributed by atoms with Gasteiger partial charge in [0.2, 0.25) is 5.91 Å². The largest absolute Gasteiger partial charge is 0.478 e. The molecule has 3 aromatic carbocycles. The molecule has 0 aliphatic heterocycles. The number of carbonyl (C=O) groups excluding carboxylic acids is 2. The van der Waals surface area contributed by atoms with Gasteiger partial charge >= 0.3 is 12.1 Å². The normalized spacial score (nSPS) is 13.0. The van der Waals surface area contributed by atoms with E-state index in [2.05, 4.69) is 22.8 Å². The molecular weight excluding hydrogens is 444 g/mol. The van der Waals surface area contributed by atoms with E-state index in [4.69, 9.17) is 9.84 Å². The first kappa shape index (κ1) is 23.8. The second kappa shape index (κ2) is 11.2. The molecule has 0 spiro atoms. The Morgan fingerprint density at radius 3 is 2.11 bits per heavy atom. The molecule has 4 rings (SSSR count). The minimum atomic E-state index is -1.10. The molecular formula is C28H26N2O5. The highest BCUT2D eigenvalue weighted by Crippen LogP contribution is 2.44. The Hall–Kier alpha value is -4.39. The van der Waals surface area contributed by atoms with E-state index in [0.29, 0.717) is 0 Å². The van der Waals surface area contributed by atoms with Crippen molar-refractivity contribution in [3.63, 3.8) is 0 Å². The molecule has 0 heterocycles. The lowest BCUT2D eigenvalue weighted by atomic mass is 9.98. The van der Waals surface area contributed by atoms with Gasteiger partial charge in [-0.1, -0.05) is 84.9 Å². The van der Waals surface area contributed by atoms with E-state index in [1.807, 2.05) is 66.7 Å². The molecule has 35 heavy (non-hydrogen) atoms. The van der Waals surface area contributed by atoms with Crippen molar-refractivity contribution in [2.45, 2.75) is 18.4 Å². The Labute approximate surface area is 203 Å². The van der Waals surface area contributed by atoms with Gasteiger partial charge < -0.3 is 20.5 Å². The lowest BCUT2D eigenvalue weighted by Crippen LogP contribution is -2.48. The zero-order valence-electron chi connectivity index (χ0n) is 19.0. The van der Waals surface area contributed by atoms with Crippen LogP contribution in [-0.4, -0.2) is 42.3 Å². The monoisotopic (exact) mass is 470 g/mol. The highest BCUT2D eigenvalue weighted by atomic mass is 16.5. The Morgan fingerprint density at radius 1 is 0.886 bits per heavy atom. The zero-order chi connectivity index (χ0) is 24.6. The highest BCUT2D eigenvalue weighted by Gasteiger charge is 2.29. The highest BCUT2D eigenvalue weighted by molar-refractivity contribution is 5.86. The van der Waals surface area contributed by atoms with Gasteiger partial charge in [0.1, 0.15) is 12.6 Å². The molecule has 0 radical (unpaired) electrons. The third-order valence-electron chi connectivity index (χ3n) is 5.89. The lowest BCUT2D eigenvalue weighted by Gasteiger charge is -2.19. The average Bonchev–Trinajstić information content (AvgIpc) is 3.19. The fourth-order valence-electron chi connectivity index (χ4n) is 4.28. The molecule has 178 valence electrons. The number of benzene rings is 3. The van der Waals surface area contributed by atoms with E-state index in [9.17, 15) is 14.4 Å². The maximum absolute atomic E-state index is 12.8. The molecule has 3 aromatic rings. The van der Waals surface area contributed by atoms with Crippen molar-refractivity contribution >= 4 is 18.0 Å². The standard InChI is InChI=1S/C28H26N2O5/c31-26(32)15-8-16-29-27(33)25(17-19-9-2-1-3-10-19)30-28(34)35-18-24-22-13-6-4-11-20(22)21-12-5-7-14-23(21)24/h1-15,24-25H,16-18H2,(H,29,33)(H,30,34)(H,31,32)/b15-8+/t25-/m1/s1. The first-order valence-corrected chi connectivity index (χ1v) is 11.4. The number of hydrogen-bond acceptors (Lipinski definition) is 4. The predicted molar refractivity (Wildman–Crippen MR) is 132 cm³/mol. The van der Waals surface area contributed by atoms with Crippen molar-refractivity contribution in [3.05, 3.63) is 108 Å². The van der Waals surface area contributed by atoms with E-state index in [1.165, 1.54) is 6.08 Å². The maximum Gasteiger partial charge on any atom is 0.407 e. The molecule has 0 saturated heterocycles. The van der Waals surface area contributed by atoms with Crippen LogP contribution in [0.15, 0.2) is 91.0 Å². The average molecular weight is 471 g/mol. The smallest absolute Gasteiger partial charge is 0.407 e. The summed E-state index contributed by atoms with van der Waals surface area (Å²) < 4.78 is 5.59. The number of fused-ring (bicyclic) bond motifs is 3. The summed E-state index contributed by atoms with van der Waals surface area (Å²) in [6, 6.07) is 24.5. The summed E-state index contributed by atoms with van der Waals surface area (Å²) in [7, 11) is 0. The minimum Gasteiger partial charge on any atom is -0.478 e. The van der Waals surface area contributed by atoms with E-state index in [1.54, 1.807) is 0 Å². The van der Waals surface area contributed by atoms with Gasteiger partial charge in [0.15, 0.2) is 0 Å². The van der Waals surface area contributed by atoms with Gasteiger partial charge in [-0.05, 0) is 27.8 Å². The van der Waals surface area contributed by atoms with Crippen LogP contribution in [0, 0.1) is 0 Å². The Morgan fingerprint density at radius 2 is 1.49 bits per heavy atom. The molecule has 0 saturated carbocycles. The fourth-order valence-corrected chi connectivity index (χ4v) is 4.28. The molecule has 0 aromatic heterocycles. The van der Waals surface area contributed by atoms with Gasteiger partial charge in [-0.3, -0.25) is 4.79 Å². The van der Waals surface area contributed by atoms with Crippen LogP contribution in [0.5, 0.6) is 0 Å². The molecule has 1 aliphatic rings. The SMILES string of the molecule is O=C(O)/C=C/CNC(=O)[C@@H](Cc1ccccc1)NC(=O)OCC1c2ccccc2-c2ccccc21. The second-order valence-electron chi connectivity index (χ2n) is 8.20. The first-order chi connectivity index (χ1) is 17.0. The van der Waals surface area contributed by atoms with Crippen molar-refractivity contribution in [1.29, 1.82) is 0 Å². The van der Waals surface area contributed by atoms with Crippen LogP contribution < -0.4 is 10.6 Å². The minimum absolute atomic E-state index is 0.0305. The second-order valence-corrected chi connectivity index (χ2v) is 8.20. The number of aliphatic carboxylic acids is 1. The number of ether oxygens (including phenoxy) is 1. The molecule has 3 N–H and O–H groups in total. The van der Waals surface area contributed by atoms with Crippen LogP contribution in [0.25, 0.3) is 11.1 Å². The topological polar surface area (TPSA) is 105 Å². The molecule has 0 unspecified atom stereocenters. The van der Waals surface area contributed by atoms with Crippen molar-refractivity contribution in [2.75, 3.05) is 13.2 Å². The summed E-state index contributed by atoms with van der Waals surface area (Å²) in [6.45, 7) is 0.170. The van der Waals surface area contributed by atoms with Gasteiger partial charge in [-0.2, -0.15) is 0 Å². The third-order valence-corrected chi connectivity index (χ3v) is 5.89. The number of rotatable bonds is 9. The quantitative estimate of drug-likeness (QED) is 0.412. The van der Waals surface area contributed by atoms with E-state index >= 15 is 0 Å². The number of amides is 2. The van der Waals surface area contributed by atoms with Gasteiger partial charge in [0.05, 0.1) is 0 Å². The predicted octanol–water partition coefficient (Wildman–Crippen LogP) is 3.89. The number of carboxylic acids is 1. The first-order valence-electron chi connectivity index (χ1n) is 11.4. The van der Waals surface area contributed by atoms with E-state index in [-0.39, 0.29) is 25.5 Å². The Bertz CT molecular complexity index is 1190. The van der Waals surface area contributed by atoms with Crippen LogP contribution in [0.1, 0.15) is 22.6 Å². The molecule has 1 aliphatic carbocycles. The molecule has 2 amide bonds. The summed E-state index contributed by atoms with van der Waals surface area (Å²) in [6.07, 6.45) is 1.85. The van der Waals surface area contributed by atoms with Crippen molar-refractivity contribution in [2.24, 2.45) is 0 Å². The van der Waals surface area contributed by atoms with Gasteiger partial charge in [0.25, 0.3) is 0 Å². The zero-order valence-corrected chi connectivity index (χ0v) is 19.0. The summed E-state index contributed by atoms with van der Waals surface area (Å²) >= 11 is 0. The lowest BCUT2D eigenvalue weighted by molar-refractivity contribution is -0.131. The van der Waals surface area contributed by atoms with Crippen molar-refractivity contribution in [3.8, 4) is 11.1 Å². The van der Waals surface area contributed by atoms with Crippen LogP contribution in [0.3, 0.4) is 0 Å². The maximum atomic E-state index is 12.8. The fraction of sp³-hybridized carbons (Fsp3) is 0.179. The Balaban J connectivity index is 1.42. The molecule has 0 bridgehead atoms.